The SMILES string of the molecule is CCN1C(=O)/C(=C2/Sc3ccc(OC)cc3N2CC)SC1=Nc1ccccc1OC. The van der Waals surface area contributed by atoms with Crippen molar-refractivity contribution in [3.8, 4) is 11.5 Å². The Morgan fingerprint density at radius 2 is 1.73 bits per heavy atom. The van der Waals surface area contributed by atoms with E-state index in [9.17, 15) is 4.79 Å². The van der Waals surface area contributed by atoms with Crippen molar-refractivity contribution in [2.45, 2.75) is 18.7 Å². The monoisotopic (exact) mass is 441 g/mol. The van der Waals surface area contributed by atoms with Gasteiger partial charge in [0.2, 0.25) is 0 Å². The number of amidine groups is 1. The van der Waals surface area contributed by atoms with Crippen molar-refractivity contribution >= 4 is 46.0 Å². The first kappa shape index (κ1) is 20.7. The number of hydrogen-bond acceptors (Lipinski definition) is 7. The molecule has 0 bridgehead atoms. The number of anilines is 1. The van der Waals surface area contributed by atoms with Crippen molar-refractivity contribution in [2.24, 2.45) is 4.99 Å². The molecular weight excluding hydrogens is 418 g/mol. The van der Waals surface area contributed by atoms with Crippen molar-refractivity contribution in [2.75, 3.05) is 32.2 Å². The van der Waals surface area contributed by atoms with Crippen molar-refractivity contribution in [1.82, 2.24) is 4.90 Å². The number of likely N-dealkylation sites (N-methyl/N-ethyl adjacent to an activating group) is 1. The van der Waals surface area contributed by atoms with Gasteiger partial charge in [0.05, 0.1) is 19.9 Å². The Hall–Kier alpha value is -2.58. The number of nitrogens with zero attached hydrogens (tertiary/aromatic N) is 3. The minimum Gasteiger partial charge on any atom is -0.497 e. The Kier molecular flexibility index (Phi) is 5.97. The van der Waals surface area contributed by atoms with E-state index in [1.54, 1.807) is 30.9 Å². The van der Waals surface area contributed by atoms with Crippen LogP contribution in [0.3, 0.4) is 0 Å². The molecule has 0 aliphatic carbocycles. The highest BCUT2D eigenvalue weighted by molar-refractivity contribution is 8.19. The summed E-state index contributed by atoms with van der Waals surface area (Å²) in [4.78, 5) is 23.8. The third kappa shape index (κ3) is 3.54. The lowest BCUT2D eigenvalue weighted by Crippen LogP contribution is -2.29. The van der Waals surface area contributed by atoms with Gasteiger partial charge in [0.25, 0.3) is 5.91 Å². The molecule has 4 rings (SSSR count). The number of fused-ring (bicyclic) bond motifs is 1. The summed E-state index contributed by atoms with van der Waals surface area (Å²) < 4.78 is 10.8. The van der Waals surface area contributed by atoms with E-state index in [0.29, 0.717) is 28.1 Å². The highest BCUT2D eigenvalue weighted by Crippen LogP contribution is 2.51. The molecule has 156 valence electrons. The fourth-order valence-corrected chi connectivity index (χ4v) is 5.82. The van der Waals surface area contributed by atoms with E-state index in [0.717, 1.165) is 27.9 Å². The summed E-state index contributed by atoms with van der Waals surface area (Å²) in [5.74, 6) is 1.47. The van der Waals surface area contributed by atoms with Gasteiger partial charge in [0, 0.05) is 24.1 Å². The number of carbonyl (C=O) groups excluding carboxylic acids is 1. The Balaban J connectivity index is 1.75. The Labute approximate surface area is 184 Å². The second-order valence-electron chi connectivity index (χ2n) is 6.53. The molecule has 0 aromatic heterocycles. The van der Waals surface area contributed by atoms with Gasteiger partial charge in [-0.05, 0) is 49.9 Å². The fourth-order valence-electron chi connectivity index (χ4n) is 3.39. The first-order valence-corrected chi connectivity index (χ1v) is 11.3. The summed E-state index contributed by atoms with van der Waals surface area (Å²) in [5.41, 5.74) is 1.77. The smallest absolute Gasteiger partial charge is 0.269 e. The summed E-state index contributed by atoms with van der Waals surface area (Å²) in [6, 6.07) is 13.6. The Morgan fingerprint density at radius 3 is 2.43 bits per heavy atom. The van der Waals surface area contributed by atoms with Gasteiger partial charge in [-0.25, -0.2) is 4.99 Å². The van der Waals surface area contributed by atoms with Gasteiger partial charge in [0.15, 0.2) is 5.17 Å². The maximum absolute atomic E-state index is 13.3. The number of benzene rings is 2. The predicted molar refractivity (Wildman–Crippen MR) is 124 cm³/mol. The molecule has 0 N–H and O–H groups in total. The van der Waals surface area contributed by atoms with E-state index < -0.39 is 0 Å². The molecule has 0 saturated carbocycles. The number of methoxy groups -OCH3 is 2. The van der Waals surface area contributed by atoms with Gasteiger partial charge in [-0.1, -0.05) is 23.9 Å². The van der Waals surface area contributed by atoms with E-state index >= 15 is 0 Å². The van der Waals surface area contributed by atoms with E-state index in [2.05, 4.69) is 11.8 Å². The molecule has 1 saturated heterocycles. The molecule has 0 spiro atoms. The minimum atomic E-state index is -0.0168. The summed E-state index contributed by atoms with van der Waals surface area (Å²) >= 11 is 3.04. The van der Waals surface area contributed by atoms with Crippen LogP contribution in [0.25, 0.3) is 0 Å². The third-order valence-electron chi connectivity index (χ3n) is 4.90. The molecule has 2 aliphatic rings. The molecule has 0 radical (unpaired) electrons. The Morgan fingerprint density at radius 1 is 0.967 bits per heavy atom. The van der Waals surface area contributed by atoms with Crippen LogP contribution in [0.1, 0.15) is 13.8 Å². The quantitative estimate of drug-likeness (QED) is 0.603. The van der Waals surface area contributed by atoms with Gasteiger partial charge in [0.1, 0.15) is 27.1 Å². The normalized spacial score (nSPS) is 19.6. The molecule has 30 heavy (non-hydrogen) atoms. The van der Waals surface area contributed by atoms with E-state index in [4.69, 9.17) is 14.5 Å². The maximum atomic E-state index is 13.3. The average molecular weight is 442 g/mol. The number of hydrogen-bond donors (Lipinski definition) is 0. The molecule has 2 aliphatic heterocycles. The predicted octanol–water partition coefficient (Wildman–Crippen LogP) is 5.09. The van der Waals surface area contributed by atoms with Crippen LogP contribution in [0, 0.1) is 0 Å². The summed E-state index contributed by atoms with van der Waals surface area (Å²) in [6.45, 7) is 5.35. The van der Waals surface area contributed by atoms with Crippen LogP contribution in [0.2, 0.25) is 0 Å². The fraction of sp³-hybridized carbons (Fsp3) is 0.273. The number of ether oxygens (including phenoxy) is 2. The average Bonchev–Trinajstić information content (AvgIpc) is 3.29. The zero-order valence-corrected chi connectivity index (χ0v) is 19.0. The number of amides is 1. The summed E-state index contributed by atoms with van der Waals surface area (Å²) in [6.07, 6.45) is 0. The second kappa shape index (κ2) is 8.65. The van der Waals surface area contributed by atoms with Crippen LogP contribution in [-0.4, -0.2) is 43.3 Å². The lowest BCUT2D eigenvalue weighted by atomic mass is 10.2. The maximum Gasteiger partial charge on any atom is 0.269 e. The van der Waals surface area contributed by atoms with Crippen molar-refractivity contribution in [3.63, 3.8) is 0 Å². The topological polar surface area (TPSA) is 54.4 Å². The molecule has 0 atom stereocenters. The van der Waals surface area contributed by atoms with E-state index in [-0.39, 0.29) is 5.91 Å². The van der Waals surface area contributed by atoms with Crippen LogP contribution in [-0.2, 0) is 4.79 Å². The van der Waals surface area contributed by atoms with E-state index in [1.165, 1.54) is 11.8 Å². The second-order valence-corrected chi connectivity index (χ2v) is 8.54. The van der Waals surface area contributed by atoms with Crippen LogP contribution < -0.4 is 14.4 Å². The van der Waals surface area contributed by atoms with Crippen molar-refractivity contribution < 1.29 is 14.3 Å². The molecule has 2 aromatic rings. The molecule has 1 fully saturated rings. The highest BCUT2D eigenvalue weighted by atomic mass is 32.2. The van der Waals surface area contributed by atoms with Crippen LogP contribution in [0.15, 0.2) is 62.3 Å². The van der Waals surface area contributed by atoms with Crippen LogP contribution >= 0.6 is 23.5 Å². The zero-order valence-electron chi connectivity index (χ0n) is 17.3. The van der Waals surface area contributed by atoms with Crippen LogP contribution in [0.4, 0.5) is 11.4 Å². The summed E-state index contributed by atoms with van der Waals surface area (Å²) in [7, 11) is 3.28. The van der Waals surface area contributed by atoms with Gasteiger partial charge in [-0.15, -0.1) is 0 Å². The lowest BCUT2D eigenvalue weighted by Gasteiger charge is -2.19. The molecular formula is C22H23N3O3S2. The first-order valence-electron chi connectivity index (χ1n) is 9.70. The zero-order chi connectivity index (χ0) is 21.3. The number of carbonyl (C=O) groups is 1. The lowest BCUT2D eigenvalue weighted by molar-refractivity contribution is -0.122. The first-order chi connectivity index (χ1) is 14.6. The molecule has 2 heterocycles. The summed E-state index contributed by atoms with van der Waals surface area (Å²) in [5, 5.41) is 1.61. The Bertz CT molecular complexity index is 1050. The molecule has 0 unspecified atom stereocenters. The number of para-hydroxylation sites is 2. The van der Waals surface area contributed by atoms with Crippen LogP contribution in [0.5, 0.6) is 11.5 Å². The van der Waals surface area contributed by atoms with Gasteiger partial charge < -0.3 is 14.4 Å². The van der Waals surface area contributed by atoms with Gasteiger partial charge in [-0.2, -0.15) is 0 Å². The minimum absolute atomic E-state index is 0.0168. The van der Waals surface area contributed by atoms with Crippen molar-refractivity contribution in [1.29, 1.82) is 0 Å². The number of thioether (sulfide) groups is 2. The molecule has 6 nitrogen and oxygen atoms in total. The third-order valence-corrected chi connectivity index (χ3v) is 7.28. The standard InChI is InChI=1S/C22H23N3O3S2/c1-5-24-16-13-14(27-3)11-12-18(16)29-21(24)19-20(26)25(6-2)22(30-19)23-15-9-7-8-10-17(15)28-4/h7-13H,5-6H2,1-4H3/b21-19-,23-22?. The molecule has 2 aromatic carbocycles. The number of rotatable bonds is 5. The highest BCUT2D eigenvalue weighted by Gasteiger charge is 2.39. The van der Waals surface area contributed by atoms with Crippen molar-refractivity contribution in [3.05, 3.63) is 52.4 Å². The molecule has 8 heteroatoms. The number of aliphatic imine (C=N–C) groups is 1. The van der Waals surface area contributed by atoms with E-state index in [1.807, 2.05) is 49.4 Å². The van der Waals surface area contributed by atoms with Gasteiger partial charge >= 0.3 is 0 Å². The molecule has 1 amide bonds. The van der Waals surface area contributed by atoms with Gasteiger partial charge in [-0.3, -0.25) is 9.69 Å². The largest absolute Gasteiger partial charge is 0.497 e.